The van der Waals surface area contributed by atoms with E-state index in [0.717, 1.165) is 18.7 Å². The standard InChI is InChI=1S/C11H12BrFN2O/c1-14-4-5-15(11(14)16)7-8-2-3-9(13)6-10(8)12/h2-3,6H,4-5,7H2,1H3. The Bertz CT molecular complexity index is 424. The highest BCUT2D eigenvalue weighted by atomic mass is 79.9. The van der Waals surface area contributed by atoms with Crippen LogP contribution in [0.5, 0.6) is 0 Å². The lowest BCUT2D eigenvalue weighted by atomic mass is 10.2. The summed E-state index contributed by atoms with van der Waals surface area (Å²) in [7, 11) is 1.78. The predicted octanol–water partition coefficient (Wildman–Crippen LogP) is 2.46. The van der Waals surface area contributed by atoms with Gasteiger partial charge in [-0.05, 0) is 17.7 Å². The van der Waals surface area contributed by atoms with Crippen LogP contribution in [0.3, 0.4) is 0 Å². The quantitative estimate of drug-likeness (QED) is 0.819. The zero-order valence-corrected chi connectivity index (χ0v) is 10.5. The van der Waals surface area contributed by atoms with E-state index in [1.807, 2.05) is 0 Å². The molecule has 0 radical (unpaired) electrons. The molecule has 86 valence electrons. The van der Waals surface area contributed by atoms with Gasteiger partial charge in [-0.15, -0.1) is 0 Å². The number of carbonyl (C=O) groups excluding carboxylic acids is 1. The van der Waals surface area contributed by atoms with Gasteiger partial charge in [0.25, 0.3) is 0 Å². The fourth-order valence-electron chi connectivity index (χ4n) is 1.71. The monoisotopic (exact) mass is 286 g/mol. The number of hydrogen-bond donors (Lipinski definition) is 0. The Balaban J connectivity index is 2.12. The number of nitrogens with zero attached hydrogens (tertiary/aromatic N) is 2. The van der Waals surface area contributed by atoms with Gasteiger partial charge in [0.15, 0.2) is 0 Å². The molecular weight excluding hydrogens is 275 g/mol. The van der Waals surface area contributed by atoms with Crippen LogP contribution in [0.25, 0.3) is 0 Å². The Labute approximate surface area is 102 Å². The molecule has 1 saturated heterocycles. The second-order valence-electron chi connectivity index (χ2n) is 3.86. The highest BCUT2D eigenvalue weighted by Gasteiger charge is 2.25. The Hall–Kier alpha value is -1.10. The molecule has 1 heterocycles. The maximum Gasteiger partial charge on any atom is 0.320 e. The zero-order chi connectivity index (χ0) is 11.7. The number of carbonyl (C=O) groups is 1. The summed E-state index contributed by atoms with van der Waals surface area (Å²) in [6, 6.07) is 4.55. The van der Waals surface area contributed by atoms with E-state index in [0.29, 0.717) is 11.0 Å². The van der Waals surface area contributed by atoms with Crippen molar-refractivity contribution in [3.05, 3.63) is 34.1 Å². The zero-order valence-electron chi connectivity index (χ0n) is 8.91. The van der Waals surface area contributed by atoms with Crippen molar-refractivity contribution < 1.29 is 9.18 Å². The molecule has 1 aromatic carbocycles. The van der Waals surface area contributed by atoms with E-state index < -0.39 is 0 Å². The van der Waals surface area contributed by atoms with Gasteiger partial charge in [-0.25, -0.2) is 9.18 Å². The van der Waals surface area contributed by atoms with Crippen molar-refractivity contribution in [1.82, 2.24) is 9.80 Å². The molecule has 1 fully saturated rings. The van der Waals surface area contributed by atoms with Crippen molar-refractivity contribution in [1.29, 1.82) is 0 Å². The number of benzene rings is 1. The average molecular weight is 287 g/mol. The Kier molecular flexibility index (Phi) is 3.14. The lowest BCUT2D eigenvalue weighted by Crippen LogP contribution is -2.29. The molecule has 3 nitrogen and oxygen atoms in total. The van der Waals surface area contributed by atoms with E-state index in [2.05, 4.69) is 15.9 Å². The number of halogens is 2. The van der Waals surface area contributed by atoms with E-state index in [1.165, 1.54) is 12.1 Å². The van der Waals surface area contributed by atoms with Crippen LogP contribution in [0.15, 0.2) is 22.7 Å². The van der Waals surface area contributed by atoms with Crippen molar-refractivity contribution in [2.24, 2.45) is 0 Å². The third-order valence-corrected chi connectivity index (χ3v) is 3.42. The molecule has 0 aliphatic carbocycles. The van der Waals surface area contributed by atoms with Gasteiger partial charge in [-0.3, -0.25) is 0 Å². The maximum atomic E-state index is 12.9. The topological polar surface area (TPSA) is 23.6 Å². The Morgan fingerprint density at radius 3 is 2.75 bits per heavy atom. The lowest BCUT2D eigenvalue weighted by Gasteiger charge is -2.16. The number of hydrogen-bond acceptors (Lipinski definition) is 1. The SMILES string of the molecule is CN1CCN(Cc2ccc(F)cc2Br)C1=O. The van der Waals surface area contributed by atoms with Crippen LogP contribution in [0.4, 0.5) is 9.18 Å². The molecule has 0 atom stereocenters. The number of urea groups is 1. The van der Waals surface area contributed by atoms with Crippen LogP contribution < -0.4 is 0 Å². The molecule has 1 aliphatic heterocycles. The van der Waals surface area contributed by atoms with E-state index in [1.54, 1.807) is 22.9 Å². The molecule has 0 N–H and O–H groups in total. The Morgan fingerprint density at radius 1 is 1.44 bits per heavy atom. The number of rotatable bonds is 2. The molecular formula is C11H12BrFN2O. The van der Waals surface area contributed by atoms with Crippen LogP contribution in [0.2, 0.25) is 0 Å². The molecule has 16 heavy (non-hydrogen) atoms. The molecule has 5 heteroatoms. The summed E-state index contributed by atoms with van der Waals surface area (Å²) in [5, 5.41) is 0. The Morgan fingerprint density at radius 2 is 2.19 bits per heavy atom. The third kappa shape index (κ3) is 2.19. The predicted molar refractivity (Wildman–Crippen MR) is 62.5 cm³/mol. The van der Waals surface area contributed by atoms with E-state index >= 15 is 0 Å². The summed E-state index contributed by atoms with van der Waals surface area (Å²) in [6.07, 6.45) is 0. The summed E-state index contributed by atoms with van der Waals surface area (Å²) in [6.45, 7) is 1.99. The molecule has 1 aromatic rings. The van der Waals surface area contributed by atoms with Crippen molar-refractivity contribution in [2.45, 2.75) is 6.54 Å². The number of amides is 2. The number of likely N-dealkylation sites (N-methyl/N-ethyl adjacent to an activating group) is 1. The van der Waals surface area contributed by atoms with Crippen molar-refractivity contribution >= 4 is 22.0 Å². The van der Waals surface area contributed by atoms with Gasteiger partial charge in [0.05, 0.1) is 0 Å². The van der Waals surface area contributed by atoms with Gasteiger partial charge in [-0.2, -0.15) is 0 Å². The van der Waals surface area contributed by atoms with Crippen LogP contribution >= 0.6 is 15.9 Å². The van der Waals surface area contributed by atoms with Gasteiger partial charge >= 0.3 is 6.03 Å². The third-order valence-electron chi connectivity index (χ3n) is 2.68. The first kappa shape index (κ1) is 11.4. The summed E-state index contributed by atoms with van der Waals surface area (Å²) in [4.78, 5) is 15.1. The molecule has 0 saturated carbocycles. The smallest absolute Gasteiger partial charge is 0.320 e. The van der Waals surface area contributed by atoms with Gasteiger partial charge < -0.3 is 9.80 Å². The first-order valence-corrected chi connectivity index (χ1v) is 5.81. The first-order valence-electron chi connectivity index (χ1n) is 5.02. The van der Waals surface area contributed by atoms with E-state index in [9.17, 15) is 9.18 Å². The summed E-state index contributed by atoms with van der Waals surface area (Å²) >= 11 is 3.30. The highest BCUT2D eigenvalue weighted by Crippen LogP contribution is 2.21. The minimum atomic E-state index is -0.277. The first-order chi connectivity index (χ1) is 7.58. The van der Waals surface area contributed by atoms with Crippen LogP contribution in [-0.2, 0) is 6.54 Å². The summed E-state index contributed by atoms with van der Waals surface area (Å²) in [5.74, 6) is -0.277. The van der Waals surface area contributed by atoms with E-state index in [4.69, 9.17) is 0 Å². The molecule has 0 unspecified atom stereocenters. The molecule has 0 aromatic heterocycles. The van der Waals surface area contributed by atoms with Crippen LogP contribution in [0, 0.1) is 5.82 Å². The van der Waals surface area contributed by atoms with Crippen molar-refractivity contribution in [2.75, 3.05) is 20.1 Å². The second-order valence-corrected chi connectivity index (χ2v) is 4.72. The normalized spacial score (nSPS) is 16.1. The van der Waals surface area contributed by atoms with E-state index in [-0.39, 0.29) is 11.8 Å². The van der Waals surface area contributed by atoms with Crippen molar-refractivity contribution in [3.63, 3.8) is 0 Å². The van der Waals surface area contributed by atoms with Gasteiger partial charge in [-0.1, -0.05) is 22.0 Å². The molecule has 2 rings (SSSR count). The summed E-state index contributed by atoms with van der Waals surface area (Å²) in [5.41, 5.74) is 0.921. The maximum absolute atomic E-state index is 12.9. The minimum Gasteiger partial charge on any atom is -0.326 e. The summed E-state index contributed by atoms with van der Waals surface area (Å²) < 4.78 is 13.6. The molecule has 0 spiro atoms. The fraction of sp³-hybridized carbons (Fsp3) is 0.364. The highest BCUT2D eigenvalue weighted by molar-refractivity contribution is 9.10. The van der Waals surface area contributed by atoms with Crippen LogP contribution in [-0.4, -0.2) is 36.0 Å². The minimum absolute atomic E-state index is 0.0243. The van der Waals surface area contributed by atoms with Gasteiger partial charge in [0.1, 0.15) is 5.82 Å². The van der Waals surface area contributed by atoms with Crippen LogP contribution in [0.1, 0.15) is 5.56 Å². The van der Waals surface area contributed by atoms with Gasteiger partial charge in [0, 0.05) is 31.2 Å². The largest absolute Gasteiger partial charge is 0.326 e. The molecule has 1 aliphatic rings. The molecule has 0 bridgehead atoms. The van der Waals surface area contributed by atoms with Gasteiger partial charge in [0.2, 0.25) is 0 Å². The molecule has 2 amide bonds. The average Bonchev–Trinajstić information content (AvgIpc) is 2.54. The van der Waals surface area contributed by atoms with Crippen molar-refractivity contribution in [3.8, 4) is 0 Å². The lowest BCUT2D eigenvalue weighted by molar-refractivity contribution is 0.197. The second kappa shape index (κ2) is 4.41. The fourth-order valence-corrected chi connectivity index (χ4v) is 2.18.